The molecule has 0 saturated carbocycles. The molecule has 6 heteroatoms. The Bertz CT molecular complexity index is 376. The van der Waals surface area contributed by atoms with Crippen molar-refractivity contribution in [3.8, 4) is 5.75 Å². The standard InChI is InChI=1S/C12H16F3NO2/c1-7(2)11(17)10(16)8-3-5-9(6-4-8)18-12(13,14)15/h3-7,10-11,17H,16H2,1-2H3/t10-,11+/m0/s1. The fourth-order valence-corrected chi connectivity index (χ4v) is 1.50. The number of hydrogen-bond donors (Lipinski definition) is 2. The van der Waals surface area contributed by atoms with Gasteiger partial charge in [0, 0.05) is 0 Å². The number of rotatable bonds is 4. The van der Waals surface area contributed by atoms with Crippen molar-refractivity contribution in [1.82, 2.24) is 0 Å². The van der Waals surface area contributed by atoms with Crippen molar-refractivity contribution < 1.29 is 23.0 Å². The van der Waals surface area contributed by atoms with Crippen LogP contribution in [0.25, 0.3) is 0 Å². The predicted octanol–water partition coefficient (Wildman–Crippen LogP) is 2.60. The first-order valence-corrected chi connectivity index (χ1v) is 5.50. The van der Waals surface area contributed by atoms with E-state index >= 15 is 0 Å². The highest BCUT2D eigenvalue weighted by Crippen LogP contribution is 2.25. The zero-order valence-electron chi connectivity index (χ0n) is 10.1. The van der Waals surface area contributed by atoms with Gasteiger partial charge in [-0.2, -0.15) is 0 Å². The monoisotopic (exact) mass is 263 g/mol. The molecular formula is C12H16F3NO2. The number of halogens is 3. The Labute approximate surface area is 103 Å². The molecule has 2 atom stereocenters. The van der Waals surface area contributed by atoms with Crippen molar-refractivity contribution in [2.45, 2.75) is 32.4 Å². The molecule has 1 rings (SSSR count). The third kappa shape index (κ3) is 4.19. The average Bonchev–Trinajstić information content (AvgIpc) is 2.26. The average molecular weight is 263 g/mol. The number of ether oxygens (including phenoxy) is 1. The number of aliphatic hydroxyl groups is 1. The van der Waals surface area contributed by atoms with Crippen molar-refractivity contribution in [1.29, 1.82) is 0 Å². The molecule has 102 valence electrons. The zero-order valence-corrected chi connectivity index (χ0v) is 10.1. The summed E-state index contributed by atoms with van der Waals surface area (Å²) in [7, 11) is 0. The van der Waals surface area contributed by atoms with Crippen LogP contribution in [0.1, 0.15) is 25.5 Å². The van der Waals surface area contributed by atoms with Gasteiger partial charge in [-0.25, -0.2) is 0 Å². The van der Waals surface area contributed by atoms with Crippen LogP contribution in [0.2, 0.25) is 0 Å². The summed E-state index contributed by atoms with van der Waals surface area (Å²) in [5, 5.41) is 9.77. The smallest absolute Gasteiger partial charge is 0.406 e. The maximum Gasteiger partial charge on any atom is 0.573 e. The maximum atomic E-state index is 11.9. The molecule has 0 amide bonds. The molecular weight excluding hydrogens is 247 g/mol. The summed E-state index contributed by atoms with van der Waals surface area (Å²) in [6.07, 6.45) is -5.46. The molecule has 0 saturated heterocycles. The summed E-state index contributed by atoms with van der Waals surface area (Å²) < 4.78 is 39.6. The minimum absolute atomic E-state index is 0.0360. The van der Waals surface area contributed by atoms with E-state index in [-0.39, 0.29) is 11.7 Å². The Hall–Kier alpha value is -1.27. The lowest BCUT2D eigenvalue weighted by atomic mass is 9.94. The molecule has 0 aromatic heterocycles. The van der Waals surface area contributed by atoms with Gasteiger partial charge < -0.3 is 15.6 Å². The van der Waals surface area contributed by atoms with Crippen LogP contribution in [0.15, 0.2) is 24.3 Å². The van der Waals surface area contributed by atoms with Crippen molar-refractivity contribution in [2.24, 2.45) is 11.7 Å². The van der Waals surface area contributed by atoms with Gasteiger partial charge in [0.25, 0.3) is 0 Å². The quantitative estimate of drug-likeness (QED) is 0.878. The molecule has 3 N–H and O–H groups in total. The van der Waals surface area contributed by atoms with Gasteiger partial charge in [-0.3, -0.25) is 0 Å². The Kier molecular flexibility index (Phi) is 4.59. The SMILES string of the molecule is CC(C)[C@@H](O)[C@@H](N)c1ccc(OC(F)(F)F)cc1. The molecule has 0 bridgehead atoms. The molecule has 0 heterocycles. The normalized spacial score (nSPS) is 15.6. The lowest BCUT2D eigenvalue weighted by molar-refractivity contribution is -0.274. The second-order valence-electron chi connectivity index (χ2n) is 4.38. The number of hydrogen-bond acceptors (Lipinski definition) is 3. The molecule has 0 aliphatic rings. The molecule has 3 nitrogen and oxygen atoms in total. The van der Waals surface area contributed by atoms with E-state index in [2.05, 4.69) is 4.74 Å². The van der Waals surface area contributed by atoms with Crippen LogP contribution in [0, 0.1) is 5.92 Å². The van der Waals surface area contributed by atoms with Crippen LogP contribution in [0.5, 0.6) is 5.75 Å². The molecule has 18 heavy (non-hydrogen) atoms. The highest BCUT2D eigenvalue weighted by atomic mass is 19.4. The van der Waals surface area contributed by atoms with Gasteiger partial charge in [-0.05, 0) is 23.6 Å². The van der Waals surface area contributed by atoms with E-state index in [0.717, 1.165) is 0 Å². The number of nitrogens with two attached hydrogens (primary N) is 1. The fourth-order valence-electron chi connectivity index (χ4n) is 1.50. The summed E-state index contributed by atoms with van der Waals surface area (Å²) in [5.74, 6) is -0.344. The van der Waals surface area contributed by atoms with Crippen molar-refractivity contribution in [3.63, 3.8) is 0 Å². The molecule has 0 radical (unpaired) electrons. The van der Waals surface area contributed by atoms with Crippen LogP contribution in [0.3, 0.4) is 0 Å². The highest BCUT2D eigenvalue weighted by Gasteiger charge is 2.31. The lowest BCUT2D eigenvalue weighted by Crippen LogP contribution is -2.30. The summed E-state index contributed by atoms with van der Waals surface area (Å²) in [6.45, 7) is 3.62. The van der Waals surface area contributed by atoms with Crippen LogP contribution >= 0.6 is 0 Å². The first-order valence-electron chi connectivity index (χ1n) is 5.50. The fraction of sp³-hybridized carbons (Fsp3) is 0.500. The van der Waals surface area contributed by atoms with E-state index in [9.17, 15) is 18.3 Å². The van der Waals surface area contributed by atoms with Gasteiger partial charge in [0.05, 0.1) is 12.1 Å². The van der Waals surface area contributed by atoms with E-state index in [1.807, 2.05) is 13.8 Å². The maximum absolute atomic E-state index is 11.9. The van der Waals surface area contributed by atoms with E-state index in [4.69, 9.17) is 5.73 Å². The Morgan fingerprint density at radius 2 is 1.67 bits per heavy atom. The zero-order chi connectivity index (χ0) is 13.9. The number of benzene rings is 1. The first-order chi connectivity index (χ1) is 8.20. The van der Waals surface area contributed by atoms with Gasteiger partial charge in [-0.15, -0.1) is 13.2 Å². The molecule has 0 unspecified atom stereocenters. The minimum Gasteiger partial charge on any atom is -0.406 e. The van der Waals surface area contributed by atoms with Crippen molar-refractivity contribution in [2.75, 3.05) is 0 Å². The highest BCUT2D eigenvalue weighted by molar-refractivity contribution is 5.29. The van der Waals surface area contributed by atoms with E-state index in [0.29, 0.717) is 5.56 Å². The molecule has 0 aliphatic heterocycles. The third-order valence-electron chi connectivity index (χ3n) is 2.55. The number of alkyl halides is 3. The predicted molar refractivity (Wildman–Crippen MR) is 60.9 cm³/mol. The molecule has 0 aliphatic carbocycles. The third-order valence-corrected chi connectivity index (χ3v) is 2.55. The molecule has 1 aromatic rings. The summed E-state index contributed by atoms with van der Waals surface area (Å²) in [5.41, 5.74) is 6.36. The van der Waals surface area contributed by atoms with E-state index < -0.39 is 18.5 Å². The molecule has 0 fully saturated rings. The Morgan fingerprint density at radius 3 is 2.06 bits per heavy atom. The topological polar surface area (TPSA) is 55.5 Å². The summed E-state index contributed by atoms with van der Waals surface area (Å²) in [6, 6.07) is 4.55. The van der Waals surface area contributed by atoms with Crippen LogP contribution in [-0.4, -0.2) is 17.6 Å². The number of aliphatic hydroxyl groups excluding tert-OH is 1. The summed E-state index contributed by atoms with van der Waals surface area (Å²) in [4.78, 5) is 0. The molecule has 0 spiro atoms. The van der Waals surface area contributed by atoms with Gasteiger partial charge in [0.1, 0.15) is 5.75 Å². The Balaban J connectivity index is 2.77. The minimum atomic E-state index is -4.71. The largest absolute Gasteiger partial charge is 0.573 e. The summed E-state index contributed by atoms with van der Waals surface area (Å²) >= 11 is 0. The second kappa shape index (κ2) is 5.58. The van der Waals surface area contributed by atoms with Gasteiger partial charge >= 0.3 is 6.36 Å². The van der Waals surface area contributed by atoms with E-state index in [1.54, 1.807) is 0 Å². The van der Waals surface area contributed by atoms with Crippen LogP contribution < -0.4 is 10.5 Å². The van der Waals surface area contributed by atoms with Crippen molar-refractivity contribution >= 4 is 0 Å². The van der Waals surface area contributed by atoms with Crippen LogP contribution in [-0.2, 0) is 0 Å². The van der Waals surface area contributed by atoms with Crippen molar-refractivity contribution in [3.05, 3.63) is 29.8 Å². The first kappa shape index (κ1) is 14.8. The van der Waals surface area contributed by atoms with Crippen LogP contribution in [0.4, 0.5) is 13.2 Å². The second-order valence-corrected chi connectivity index (χ2v) is 4.38. The van der Waals surface area contributed by atoms with E-state index in [1.165, 1.54) is 24.3 Å². The lowest BCUT2D eigenvalue weighted by Gasteiger charge is -2.22. The van der Waals surface area contributed by atoms with Gasteiger partial charge in [0.15, 0.2) is 0 Å². The Morgan fingerprint density at radius 1 is 1.17 bits per heavy atom. The van der Waals surface area contributed by atoms with Gasteiger partial charge in [-0.1, -0.05) is 26.0 Å². The van der Waals surface area contributed by atoms with Gasteiger partial charge in [0.2, 0.25) is 0 Å². The molecule has 1 aromatic carbocycles.